The van der Waals surface area contributed by atoms with E-state index in [0.29, 0.717) is 28.4 Å². The monoisotopic (exact) mass is 577 g/mol. The Morgan fingerprint density at radius 3 is 0.932 bits per heavy atom. The fourth-order valence-corrected chi connectivity index (χ4v) is 4.53. The largest absolute Gasteiger partial charge is 0.240 e. The quantitative estimate of drug-likeness (QED) is 0.106. The molecule has 0 unspecified atom stereocenters. The average Bonchev–Trinajstić information content (AvgIpc) is 3.05. The van der Waals surface area contributed by atoms with Crippen LogP contribution >= 0.6 is 0 Å². The van der Waals surface area contributed by atoms with E-state index in [1.54, 1.807) is 72.8 Å². The number of isocyanates is 5. The highest BCUT2D eigenvalue weighted by Gasteiger charge is 2.17. The zero-order valence-corrected chi connectivity index (χ0v) is 22.7. The first kappa shape index (κ1) is 30.2. The zero-order valence-electron chi connectivity index (χ0n) is 22.7. The Kier molecular flexibility index (Phi) is 10.5. The predicted octanol–water partition coefficient (Wildman–Crippen LogP) is 7.54. The minimum atomic E-state index is -0.127. The van der Waals surface area contributed by atoms with Crippen LogP contribution in [0.4, 0.5) is 28.4 Å². The molecule has 0 aliphatic heterocycles. The molecule has 0 saturated heterocycles. The highest BCUT2D eigenvalue weighted by Crippen LogP contribution is 2.35. The number of nitrogens with zero attached hydrogens (tertiary/aromatic N) is 5. The summed E-state index contributed by atoms with van der Waals surface area (Å²) < 4.78 is 0. The van der Waals surface area contributed by atoms with E-state index in [0.717, 1.165) is 27.5 Å². The fraction of sp³-hybridized carbons (Fsp3) is 0.0294. The van der Waals surface area contributed by atoms with Gasteiger partial charge in [0, 0.05) is 16.7 Å². The molecule has 0 N–H and O–H groups in total. The van der Waals surface area contributed by atoms with Crippen LogP contribution in [0.25, 0.3) is 10.8 Å². The lowest BCUT2D eigenvalue weighted by atomic mass is 9.85. The van der Waals surface area contributed by atoms with Gasteiger partial charge in [0.15, 0.2) is 0 Å². The van der Waals surface area contributed by atoms with Gasteiger partial charge in [-0.3, -0.25) is 0 Å². The summed E-state index contributed by atoms with van der Waals surface area (Å²) in [6.07, 6.45) is 7.56. The molecule has 5 aromatic rings. The summed E-state index contributed by atoms with van der Waals surface area (Å²) in [5.74, 6) is -0.127. The highest BCUT2D eigenvalue weighted by atomic mass is 16.1. The van der Waals surface area contributed by atoms with Crippen LogP contribution in [0.1, 0.15) is 22.6 Å². The second-order valence-electron chi connectivity index (χ2n) is 8.87. The third-order valence-corrected chi connectivity index (χ3v) is 6.41. The van der Waals surface area contributed by atoms with Crippen molar-refractivity contribution in [3.63, 3.8) is 0 Å². The van der Waals surface area contributed by atoms with Gasteiger partial charge in [-0.05, 0) is 65.2 Å². The highest BCUT2D eigenvalue weighted by molar-refractivity contribution is 6.00. The molecule has 5 aromatic carbocycles. The molecule has 10 heteroatoms. The summed E-state index contributed by atoms with van der Waals surface area (Å²) in [5, 5.41) is 1.50. The van der Waals surface area contributed by atoms with E-state index in [9.17, 15) is 24.0 Å². The van der Waals surface area contributed by atoms with Crippen molar-refractivity contribution in [2.75, 3.05) is 0 Å². The third-order valence-electron chi connectivity index (χ3n) is 6.41. The fourth-order valence-electron chi connectivity index (χ4n) is 4.53. The van der Waals surface area contributed by atoms with Crippen molar-refractivity contribution in [1.29, 1.82) is 0 Å². The van der Waals surface area contributed by atoms with Gasteiger partial charge in [-0.2, -0.15) is 25.0 Å². The van der Waals surface area contributed by atoms with Crippen LogP contribution in [0.15, 0.2) is 134 Å². The molecule has 0 aliphatic rings. The van der Waals surface area contributed by atoms with Gasteiger partial charge >= 0.3 is 0 Å². The maximum Gasteiger partial charge on any atom is 0.240 e. The molecule has 10 nitrogen and oxygen atoms in total. The minimum absolute atomic E-state index is 0.127. The minimum Gasteiger partial charge on any atom is -0.211 e. The second kappa shape index (κ2) is 15.3. The molecule has 0 radical (unpaired) electrons. The number of aliphatic imine (C=N–C) groups is 5. The van der Waals surface area contributed by atoms with Crippen molar-refractivity contribution >= 4 is 69.6 Å². The van der Waals surface area contributed by atoms with Crippen LogP contribution in [0.2, 0.25) is 0 Å². The first-order chi connectivity index (χ1) is 21.6. The summed E-state index contributed by atoms with van der Waals surface area (Å²) in [6, 6.07) is 32.2. The van der Waals surface area contributed by atoms with Crippen LogP contribution in [-0.4, -0.2) is 30.4 Å². The molecule has 210 valence electrons. The van der Waals surface area contributed by atoms with E-state index < -0.39 is 0 Å². The average molecular weight is 578 g/mol. The van der Waals surface area contributed by atoms with Gasteiger partial charge in [-0.15, -0.1) is 0 Å². The molecule has 44 heavy (non-hydrogen) atoms. The second-order valence-corrected chi connectivity index (χ2v) is 8.87. The van der Waals surface area contributed by atoms with E-state index in [-0.39, 0.29) is 5.92 Å². The van der Waals surface area contributed by atoms with Gasteiger partial charge in [0.25, 0.3) is 0 Å². The molecule has 0 saturated carbocycles. The molecule has 5 rings (SSSR count). The first-order valence-electron chi connectivity index (χ1n) is 12.8. The van der Waals surface area contributed by atoms with Crippen molar-refractivity contribution in [2.45, 2.75) is 5.92 Å². The molecule has 0 heterocycles. The smallest absolute Gasteiger partial charge is 0.211 e. The Labute approximate surface area is 250 Å². The third kappa shape index (κ3) is 7.50. The molecule has 0 amide bonds. The standard InChI is InChI=1S/C22H13N3O3.C12H6N2O2/c26-13-23-19-7-1-16(2-8-19)22(17-3-9-20(10-4-17)24-14-27)18-5-11-21(12-6-18)25-15-28;15-7-13-11-5-1-3-9-10(11)4-2-6-12(9)14-8-16/h1-12,22H;1-6H. The van der Waals surface area contributed by atoms with Gasteiger partial charge in [0.1, 0.15) is 0 Å². The molecule has 0 spiro atoms. The number of hydrogen-bond acceptors (Lipinski definition) is 10. The number of carbonyl (C=O) groups excluding carboxylic acids is 5. The van der Waals surface area contributed by atoms with Crippen molar-refractivity contribution in [1.82, 2.24) is 0 Å². The van der Waals surface area contributed by atoms with Gasteiger partial charge in [0.05, 0.1) is 28.4 Å². The van der Waals surface area contributed by atoms with E-state index in [1.807, 2.05) is 36.4 Å². The summed E-state index contributed by atoms with van der Waals surface area (Å²) in [4.78, 5) is 69.8. The normalized spacial score (nSPS) is 10.2. The number of benzene rings is 5. The van der Waals surface area contributed by atoms with E-state index in [4.69, 9.17) is 0 Å². The Balaban J connectivity index is 0.000000233. The van der Waals surface area contributed by atoms with Crippen molar-refractivity contribution in [2.24, 2.45) is 25.0 Å². The Bertz CT molecular complexity index is 1820. The lowest BCUT2D eigenvalue weighted by Crippen LogP contribution is -2.03. The van der Waals surface area contributed by atoms with E-state index in [1.165, 1.54) is 30.4 Å². The van der Waals surface area contributed by atoms with Crippen LogP contribution in [0, 0.1) is 0 Å². The SMILES string of the molecule is O=C=Nc1ccc(C(c2ccc(N=C=O)cc2)c2ccc(N=C=O)cc2)cc1.O=C=Nc1cccc2c(N=C=O)cccc12. The van der Waals surface area contributed by atoms with Crippen LogP contribution in [0.3, 0.4) is 0 Å². The van der Waals surface area contributed by atoms with E-state index in [2.05, 4.69) is 25.0 Å². The van der Waals surface area contributed by atoms with Gasteiger partial charge in [0.2, 0.25) is 30.4 Å². The lowest BCUT2D eigenvalue weighted by Gasteiger charge is -2.19. The number of hydrogen-bond donors (Lipinski definition) is 0. The van der Waals surface area contributed by atoms with Crippen LogP contribution < -0.4 is 0 Å². The maximum atomic E-state index is 10.4. The Morgan fingerprint density at radius 1 is 0.364 bits per heavy atom. The molecular formula is C34H19N5O5. The molecule has 0 bridgehead atoms. The van der Waals surface area contributed by atoms with Gasteiger partial charge in [-0.25, -0.2) is 24.0 Å². The topological polar surface area (TPSA) is 147 Å². The zero-order chi connectivity index (χ0) is 31.1. The molecule has 0 atom stereocenters. The van der Waals surface area contributed by atoms with Gasteiger partial charge < -0.3 is 0 Å². The van der Waals surface area contributed by atoms with E-state index >= 15 is 0 Å². The summed E-state index contributed by atoms with van der Waals surface area (Å²) in [7, 11) is 0. The number of rotatable bonds is 8. The molecule has 0 aromatic heterocycles. The Morgan fingerprint density at radius 2 is 0.659 bits per heavy atom. The first-order valence-corrected chi connectivity index (χ1v) is 12.8. The number of fused-ring (bicyclic) bond motifs is 1. The van der Waals surface area contributed by atoms with Crippen molar-refractivity contribution in [3.8, 4) is 0 Å². The van der Waals surface area contributed by atoms with Crippen LogP contribution in [0.5, 0.6) is 0 Å². The van der Waals surface area contributed by atoms with Crippen LogP contribution in [-0.2, 0) is 24.0 Å². The van der Waals surface area contributed by atoms with Gasteiger partial charge in [-0.1, -0.05) is 60.7 Å². The summed E-state index contributed by atoms with van der Waals surface area (Å²) in [5.41, 5.74) is 5.50. The summed E-state index contributed by atoms with van der Waals surface area (Å²) in [6.45, 7) is 0. The molecule has 0 aliphatic carbocycles. The molecule has 0 fully saturated rings. The van der Waals surface area contributed by atoms with Crippen molar-refractivity contribution < 1.29 is 24.0 Å². The maximum absolute atomic E-state index is 10.4. The molecular weight excluding hydrogens is 558 g/mol. The Hall–Kier alpha value is -6.74. The predicted molar refractivity (Wildman–Crippen MR) is 163 cm³/mol. The van der Waals surface area contributed by atoms with Crippen molar-refractivity contribution in [3.05, 3.63) is 126 Å². The lowest BCUT2D eigenvalue weighted by molar-refractivity contribution is 0.564. The summed E-state index contributed by atoms with van der Waals surface area (Å²) >= 11 is 0.